The van der Waals surface area contributed by atoms with Crippen LogP contribution in [0.5, 0.6) is 0 Å². The quantitative estimate of drug-likeness (QED) is 0.532. The Morgan fingerprint density at radius 3 is 2.83 bits per heavy atom. The Morgan fingerprint density at radius 1 is 1.30 bits per heavy atom. The largest absolute Gasteiger partial charge is 0.480 e. The number of hydrogen-bond acceptors (Lipinski definition) is 7. The van der Waals surface area contributed by atoms with E-state index in [2.05, 4.69) is 20.2 Å². The van der Waals surface area contributed by atoms with Gasteiger partial charge in [-0.1, -0.05) is 12.1 Å². The molecule has 2 unspecified atom stereocenters. The van der Waals surface area contributed by atoms with Crippen molar-refractivity contribution in [1.29, 1.82) is 0 Å². The number of fused-ring (bicyclic) bond motifs is 3. The van der Waals surface area contributed by atoms with Gasteiger partial charge >= 0.3 is 5.97 Å². The fourth-order valence-electron chi connectivity index (χ4n) is 4.32. The predicted molar refractivity (Wildman–Crippen MR) is 113 cm³/mol. The Balaban J connectivity index is 1.60. The van der Waals surface area contributed by atoms with Crippen LogP contribution in [0.4, 0.5) is 11.6 Å². The van der Waals surface area contributed by atoms with Crippen LogP contribution in [0.3, 0.4) is 0 Å². The zero-order chi connectivity index (χ0) is 21.0. The first kappa shape index (κ1) is 18.4. The number of nitrogens with one attached hydrogen (secondary N) is 1. The van der Waals surface area contributed by atoms with Crippen molar-refractivity contribution in [1.82, 2.24) is 20.2 Å². The molecule has 1 saturated heterocycles. The summed E-state index contributed by atoms with van der Waals surface area (Å²) >= 11 is 0. The maximum atomic E-state index is 12.1. The molecule has 4 aromatic rings. The molecule has 2 atom stereocenters. The highest BCUT2D eigenvalue weighted by Crippen LogP contribution is 2.37. The smallest absolute Gasteiger partial charge is 0.326 e. The number of anilines is 2. The maximum absolute atomic E-state index is 12.1. The predicted octanol–water partition coefficient (Wildman–Crippen LogP) is 2.88. The van der Waals surface area contributed by atoms with Crippen molar-refractivity contribution in [2.45, 2.75) is 32.4 Å². The van der Waals surface area contributed by atoms with Crippen molar-refractivity contribution >= 4 is 39.7 Å². The lowest BCUT2D eigenvalue weighted by atomic mass is 10.1. The summed E-state index contributed by atoms with van der Waals surface area (Å²) in [6, 6.07) is 6.91. The average Bonchev–Trinajstić information content (AvgIpc) is 3.43. The first-order valence-electron chi connectivity index (χ1n) is 9.82. The summed E-state index contributed by atoms with van der Waals surface area (Å²) in [5, 5.41) is 18.0. The Hall–Kier alpha value is -3.62. The number of hydrogen-bond donors (Lipinski definition) is 2. The van der Waals surface area contributed by atoms with Crippen LogP contribution in [-0.4, -0.2) is 56.9 Å². The fraction of sp³-hybridized carbons (Fsp3) is 0.333. The van der Waals surface area contributed by atoms with Crippen LogP contribution in [0, 0.1) is 13.8 Å². The number of carboxylic acids is 1. The molecule has 9 nitrogen and oxygen atoms in total. The van der Waals surface area contributed by atoms with Crippen LogP contribution in [0.1, 0.15) is 17.8 Å². The number of nitrogens with zero attached hydrogens (tertiary/aromatic N) is 5. The third-order valence-corrected chi connectivity index (χ3v) is 5.84. The molecule has 0 aliphatic carbocycles. The molecule has 0 spiro atoms. The molecule has 0 bridgehead atoms. The van der Waals surface area contributed by atoms with Crippen LogP contribution >= 0.6 is 0 Å². The van der Waals surface area contributed by atoms with Crippen molar-refractivity contribution in [2.75, 3.05) is 23.4 Å². The average molecular weight is 406 g/mol. The van der Waals surface area contributed by atoms with Gasteiger partial charge in [0.15, 0.2) is 17.2 Å². The number of H-pyrrole nitrogens is 1. The minimum Gasteiger partial charge on any atom is -0.480 e. The summed E-state index contributed by atoms with van der Waals surface area (Å²) in [6.07, 6.45) is 2.28. The molecule has 0 saturated carbocycles. The van der Waals surface area contributed by atoms with Gasteiger partial charge in [0.25, 0.3) is 0 Å². The first-order valence-corrected chi connectivity index (χ1v) is 9.82. The van der Waals surface area contributed by atoms with Crippen LogP contribution < -0.4 is 9.80 Å². The van der Waals surface area contributed by atoms with Gasteiger partial charge < -0.3 is 19.3 Å². The minimum atomic E-state index is -0.884. The third-order valence-electron chi connectivity index (χ3n) is 5.84. The molecule has 1 aliphatic heterocycles. The van der Waals surface area contributed by atoms with E-state index in [-0.39, 0.29) is 6.04 Å². The van der Waals surface area contributed by atoms with Crippen LogP contribution in [0.25, 0.3) is 22.1 Å². The highest BCUT2D eigenvalue weighted by atomic mass is 16.4. The molecule has 1 aromatic carbocycles. The molecule has 1 fully saturated rings. The van der Waals surface area contributed by atoms with Gasteiger partial charge in [0.2, 0.25) is 0 Å². The van der Waals surface area contributed by atoms with Crippen molar-refractivity contribution in [3.63, 3.8) is 0 Å². The normalized spacial score (nSPS) is 19.1. The van der Waals surface area contributed by atoms with Crippen LogP contribution in [-0.2, 0) is 4.79 Å². The van der Waals surface area contributed by atoms with Crippen molar-refractivity contribution in [2.24, 2.45) is 0 Å². The van der Waals surface area contributed by atoms with Gasteiger partial charge in [-0.05, 0) is 26.0 Å². The lowest BCUT2D eigenvalue weighted by Crippen LogP contribution is -2.37. The zero-order valence-electron chi connectivity index (χ0n) is 17.0. The standard InChI is InChI=1S/C21H22N6O3/c1-11-9-22-25-19(11)26(3)13-8-15(21(28)29)27(10-13)20-18-17(23-12(2)24-20)14-6-4-5-7-16(14)30-18/h4-7,9,13,15H,8,10H2,1-3H3,(H,22,25)(H,28,29). The number of aromatic nitrogens is 4. The summed E-state index contributed by atoms with van der Waals surface area (Å²) in [5.74, 6) is 1.04. The summed E-state index contributed by atoms with van der Waals surface area (Å²) in [5.41, 5.74) is 2.95. The zero-order valence-corrected chi connectivity index (χ0v) is 17.0. The van der Waals surface area contributed by atoms with Gasteiger partial charge in [-0.2, -0.15) is 5.10 Å². The van der Waals surface area contributed by atoms with E-state index in [0.717, 1.165) is 16.8 Å². The molecule has 2 N–H and O–H groups in total. The number of carbonyl (C=O) groups is 1. The second kappa shape index (κ2) is 6.72. The molecule has 0 amide bonds. The number of furan rings is 1. The Morgan fingerprint density at radius 2 is 2.10 bits per heavy atom. The van der Waals surface area contributed by atoms with E-state index < -0.39 is 12.0 Å². The first-order chi connectivity index (χ1) is 14.4. The van der Waals surface area contributed by atoms with Gasteiger partial charge in [-0.3, -0.25) is 5.10 Å². The summed E-state index contributed by atoms with van der Waals surface area (Å²) in [4.78, 5) is 25.2. The molecule has 0 radical (unpaired) electrons. The molecule has 1 aliphatic rings. The maximum Gasteiger partial charge on any atom is 0.326 e. The molecule has 5 rings (SSSR count). The van der Waals surface area contributed by atoms with Crippen LogP contribution in [0.15, 0.2) is 34.9 Å². The molecule has 154 valence electrons. The Labute approximate surface area is 172 Å². The Bertz CT molecular complexity index is 1260. The lowest BCUT2D eigenvalue weighted by molar-refractivity contribution is -0.138. The molecule has 3 aromatic heterocycles. The monoisotopic (exact) mass is 406 g/mol. The van der Waals surface area contributed by atoms with E-state index in [0.29, 0.717) is 41.3 Å². The number of benzene rings is 1. The van der Waals surface area contributed by atoms with Crippen molar-refractivity contribution < 1.29 is 14.3 Å². The molecule has 9 heteroatoms. The second-order valence-electron chi connectivity index (χ2n) is 7.77. The van der Waals surface area contributed by atoms with E-state index >= 15 is 0 Å². The van der Waals surface area contributed by atoms with Gasteiger partial charge in [0.1, 0.15) is 23.0 Å². The number of rotatable bonds is 4. The number of likely N-dealkylation sites (N-methyl/N-ethyl adjacent to an activating group) is 1. The molecular formula is C21H22N6O3. The van der Waals surface area contributed by atoms with Gasteiger partial charge in [0, 0.05) is 37.2 Å². The highest BCUT2D eigenvalue weighted by molar-refractivity contribution is 6.06. The topological polar surface area (TPSA) is 111 Å². The Kier molecular flexibility index (Phi) is 4.12. The number of aromatic amines is 1. The minimum absolute atomic E-state index is 0.0391. The third kappa shape index (κ3) is 2.77. The summed E-state index contributed by atoms with van der Waals surface area (Å²) < 4.78 is 6.08. The van der Waals surface area contributed by atoms with E-state index in [9.17, 15) is 9.90 Å². The van der Waals surface area contributed by atoms with Crippen LogP contribution in [0.2, 0.25) is 0 Å². The molecular weight excluding hydrogens is 384 g/mol. The van der Waals surface area contributed by atoms with E-state index in [4.69, 9.17) is 4.42 Å². The number of para-hydroxylation sites is 1. The van der Waals surface area contributed by atoms with Crippen molar-refractivity contribution in [3.8, 4) is 0 Å². The number of aryl methyl sites for hydroxylation is 2. The SMILES string of the molecule is Cc1nc(N2CC(N(C)c3n[nH]cc3C)CC2C(=O)O)c2oc3ccccc3c2n1. The van der Waals surface area contributed by atoms with Gasteiger partial charge in [-0.25, -0.2) is 14.8 Å². The van der Waals surface area contributed by atoms with Gasteiger partial charge in [-0.15, -0.1) is 0 Å². The van der Waals surface area contributed by atoms with E-state index in [1.165, 1.54) is 0 Å². The molecule has 30 heavy (non-hydrogen) atoms. The fourth-order valence-corrected chi connectivity index (χ4v) is 4.32. The number of aliphatic carboxylic acids is 1. The van der Waals surface area contributed by atoms with Crippen molar-refractivity contribution in [3.05, 3.63) is 41.9 Å². The lowest BCUT2D eigenvalue weighted by Gasteiger charge is -2.25. The van der Waals surface area contributed by atoms with E-state index in [1.54, 1.807) is 0 Å². The summed E-state index contributed by atoms with van der Waals surface area (Å²) in [6.45, 7) is 4.28. The number of carboxylic acid groups (broad SMARTS) is 1. The second-order valence-corrected chi connectivity index (χ2v) is 7.77. The summed E-state index contributed by atoms with van der Waals surface area (Å²) in [7, 11) is 1.94. The van der Waals surface area contributed by atoms with E-state index in [1.807, 2.05) is 61.2 Å². The molecule has 4 heterocycles. The highest BCUT2D eigenvalue weighted by Gasteiger charge is 2.41. The van der Waals surface area contributed by atoms with Gasteiger partial charge in [0.05, 0.1) is 6.04 Å².